The molecule has 1 fully saturated rings. The molecule has 0 aromatic heterocycles. The van der Waals surface area contributed by atoms with Gasteiger partial charge < -0.3 is 15.1 Å². The minimum absolute atomic E-state index is 0.000918. The number of para-hydroxylation sites is 1. The molecule has 2 aliphatic rings. The number of likely N-dealkylation sites (tertiary alicyclic amines) is 1. The van der Waals surface area contributed by atoms with E-state index in [4.69, 9.17) is 0 Å². The molecule has 2 amide bonds. The molecular weight excluding hydrogens is 334 g/mol. The molecule has 0 radical (unpaired) electrons. The minimum Gasteiger partial charge on any atom is -0.355 e. The quantitative estimate of drug-likeness (QED) is 0.791. The average Bonchev–Trinajstić information content (AvgIpc) is 2.62. The molecule has 136 valence electrons. The first-order valence-corrected chi connectivity index (χ1v) is 10.2. The van der Waals surface area contributed by atoms with Gasteiger partial charge in [0.15, 0.2) is 0 Å². The van der Waals surface area contributed by atoms with Gasteiger partial charge in [-0.1, -0.05) is 18.6 Å². The molecule has 2 aliphatic heterocycles. The number of benzene rings is 1. The van der Waals surface area contributed by atoms with Crippen LogP contribution in [0.15, 0.2) is 29.2 Å². The fourth-order valence-electron chi connectivity index (χ4n) is 3.53. The van der Waals surface area contributed by atoms with Crippen LogP contribution in [0.4, 0.5) is 5.69 Å². The van der Waals surface area contributed by atoms with Crippen LogP contribution < -0.4 is 10.2 Å². The van der Waals surface area contributed by atoms with Gasteiger partial charge in [-0.15, -0.1) is 11.8 Å². The molecule has 1 saturated heterocycles. The summed E-state index contributed by atoms with van der Waals surface area (Å²) in [6, 6.07) is 8.43. The van der Waals surface area contributed by atoms with Gasteiger partial charge in [-0.3, -0.25) is 9.59 Å². The Morgan fingerprint density at radius 2 is 2.16 bits per heavy atom. The Bertz CT molecular complexity index is 622. The summed E-state index contributed by atoms with van der Waals surface area (Å²) in [5.41, 5.74) is 0.848. The second kappa shape index (κ2) is 8.72. The number of hydrogen-bond acceptors (Lipinski definition) is 4. The Labute approximate surface area is 154 Å². The van der Waals surface area contributed by atoms with Crippen LogP contribution in [0.5, 0.6) is 0 Å². The summed E-state index contributed by atoms with van der Waals surface area (Å²) in [6.45, 7) is 5.27. The van der Waals surface area contributed by atoms with E-state index in [1.54, 1.807) is 4.90 Å². The molecule has 0 bridgehead atoms. The fraction of sp³-hybridized carbons (Fsp3) is 0.579. The summed E-state index contributed by atoms with van der Waals surface area (Å²) >= 11 is 1.54. The minimum atomic E-state index is -0.0817. The third-order valence-electron chi connectivity index (χ3n) is 4.99. The van der Waals surface area contributed by atoms with Gasteiger partial charge in [0, 0.05) is 24.0 Å². The molecule has 1 N–H and O–H groups in total. The van der Waals surface area contributed by atoms with Crippen molar-refractivity contribution in [2.24, 2.45) is 0 Å². The molecule has 1 aromatic carbocycles. The maximum absolute atomic E-state index is 12.3. The SMILES string of the molecule is C[C@@H]1CCCCN1CCCNC(=O)CN1C(=O)CSc2ccccc21. The predicted octanol–water partition coefficient (Wildman–Crippen LogP) is 2.51. The Hall–Kier alpha value is -1.53. The molecule has 25 heavy (non-hydrogen) atoms. The van der Waals surface area contributed by atoms with Gasteiger partial charge in [-0.2, -0.15) is 0 Å². The number of nitrogens with one attached hydrogen (secondary N) is 1. The van der Waals surface area contributed by atoms with Crippen molar-refractivity contribution < 1.29 is 9.59 Å². The maximum atomic E-state index is 12.3. The molecule has 0 spiro atoms. The summed E-state index contributed by atoms with van der Waals surface area (Å²) in [4.78, 5) is 29.6. The summed E-state index contributed by atoms with van der Waals surface area (Å²) in [5.74, 6) is 0.319. The highest BCUT2D eigenvalue weighted by Gasteiger charge is 2.26. The Morgan fingerprint density at radius 3 is 3.00 bits per heavy atom. The van der Waals surface area contributed by atoms with Gasteiger partial charge in [0.1, 0.15) is 6.54 Å². The van der Waals surface area contributed by atoms with Crippen molar-refractivity contribution >= 4 is 29.3 Å². The predicted molar refractivity (Wildman–Crippen MR) is 102 cm³/mol. The molecule has 2 heterocycles. The molecule has 0 aliphatic carbocycles. The van der Waals surface area contributed by atoms with Crippen LogP contribution in [-0.4, -0.2) is 54.7 Å². The van der Waals surface area contributed by atoms with Crippen LogP contribution >= 0.6 is 11.8 Å². The van der Waals surface area contributed by atoms with E-state index in [-0.39, 0.29) is 18.4 Å². The zero-order valence-corrected chi connectivity index (χ0v) is 15.7. The second-order valence-electron chi connectivity index (χ2n) is 6.82. The fourth-order valence-corrected chi connectivity index (χ4v) is 4.46. The second-order valence-corrected chi connectivity index (χ2v) is 7.84. The third-order valence-corrected chi connectivity index (χ3v) is 6.04. The Morgan fingerprint density at radius 1 is 1.32 bits per heavy atom. The molecule has 6 heteroatoms. The third kappa shape index (κ3) is 4.76. The van der Waals surface area contributed by atoms with E-state index in [9.17, 15) is 9.59 Å². The lowest BCUT2D eigenvalue weighted by Crippen LogP contribution is -2.44. The average molecular weight is 362 g/mol. The van der Waals surface area contributed by atoms with E-state index in [1.165, 1.54) is 37.6 Å². The lowest BCUT2D eigenvalue weighted by molar-refractivity contribution is -0.123. The first-order valence-electron chi connectivity index (χ1n) is 9.18. The normalized spacial score (nSPS) is 21.1. The largest absolute Gasteiger partial charge is 0.355 e. The van der Waals surface area contributed by atoms with Gasteiger partial charge in [0.25, 0.3) is 0 Å². The number of nitrogens with zero attached hydrogens (tertiary/aromatic N) is 2. The zero-order valence-electron chi connectivity index (χ0n) is 14.9. The van der Waals surface area contributed by atoms with Crippen molar-refractivity contribution in [2.75, 3.05) is 36.8 Å². The lowest BCUT2D eigenvalue weighted by Gasteiger charge is -2.33. The van der Waals surface area contributed by atoms with Crippen LogP contribution in [0, 0.1) is 0 Å². The number of carbonyl (C=O) groups excluding carboxylic acids is 2. The van der Waals surface area contributed by atoms with E-state index in [0.29, 0.717) is 18.3 Å². The molecule has 3 rings (SSSR count). The number of fused-ring (bicyclic) bond motifs is 1. The van der Waals surface area contributed by atoms with Gasteiger partial charge in [-0.05, 0) is 44.9 Å². The molecule has 1 aromatic rings. The van der Waals surface area contributed by atoms with Crippen molar-refractivity contribution in [3.8, 4) is 0 Å². The Balaban J connectivity index is 1.44. The lowest BCUT2D eigenvalue weighted by atomic mass is 10.0. The van der Waals surface area contributed by atoms with Crippen molar-refractivity contribution in [3.05, 3.63) is 24.3 Å². The summed E-state index contributed by atoms with van der Waals surface area (Å²) in [5, 5.41) is 2.97. The smallest absolute Gasteiger partial charge is 0.240 e. The molecule has 1 atom stereocenters. The standard InChI is InChI=1S/C19H27N3O2S/c1-15-7-4-5-11-21(15)12-6-10-20-18(23)13-22-16-8-2-3-9-17(16)25-14-19(22)24/h2-3,8-9,15H,4-7,10-14H2,1H3,(H,20,23)/t15-/m1/s1. The van der Waals surface area contributed by atoms with Crippen molar-refractivity contribution in [3.63, 3.8) is 0 Å². The summed E-state index contributed by atoms with van der Waals surface area (Å²) < 4.78 is 0. The first-order chi connectivity index (χ1) is 12.1. The highest BCUT2D eigenvalue weighted by molar-refractivity contribution is 8.00. The topological polar surface area (TPSA) is 52.7 Å². The van der Waals surface area contributed by atoms with E-state index in [1.807, 2.05) is 24.3 Å². The van der Waals surface area contributed by atoms with Crippen LogP contribution in [0.2, 0.25) is 0 Å². The molecule has 0 saturated carbocycles. The number of thioether (sulfide) groups is 1. The van der Waals surface area contributed by atoms with Gasteiger partial charge >= 0.3 is 0 Å². The monoisotopic (exact) mass is 361 g/mol. The summed E-state index contributed by atoms with van der Waals surface area (Å²) in [6.07, 6.45) is 4.85. The number of rotatable bonds is 6. The van der Waals surface area contributed by atoms with E-state index in [2.05, 4.69) is 17.1 Å². The number of piperidine rings is 1. The van der Waals surface area contributed by atoms with E-state index < -0.39 is 0 Å². The molecule has 5 nitrogen and oxygen atoms in total. The van der Waals surface area contributed by atoms with Gasteiger partial charge in [0.2, 0.25) is 11.8 Å². The van der Waals surface area contributed by atoms with Crippen LogP contribution in [0.1, 0.15) is 32.6 Å². The maximum Gasteiger partial charge on any atom is 0.240 e. The van der Waals surface area contributed by atoms with Crippen LogP contribution in [0.3, 0.4) is 0 Å². The first kappa shape index (κ1) is 18.3. The van der Waals surface area contributed by atoms with Crippen molar-refractivity contribution in [1.29, 1.82) is 0 Å². The molecular formula is C19H27N3O2S. The zero-order chi connectivity index (χ0) is 17.6. The number of carbonyl (C=O) groups is 2. The van der Waals surface area contributed by atoms with Gasteiger partial charge in [-0.25, -0.2) is 0 Å². The highest BCUT2D eigenvalue weighted by atomic mass is 32.2. The van der Waals surface area contributed by atoms with E-state index in [0.717, 1.165) is 23.5 Å². The highest BCUT2D eigenvalue weighted by Crippen LogP contribution is 2.34. The van der Waals surface area contributed by atoms with Crippen molar-refractivity contribution in [2.45, 2.75) is 43.5 Å². The summed E-state index contributed by atoms with van der Waals surface area (Å²) in [7, 11) is 0. The Kier molecular flexibility index (Phi) is 6.37. The molecule has 0 unspecified atom stereocenters. The van der Waals surface area contributed by atoms with Crippen LogP contribution in [-0.2, 0) is 9.59 Å². The van der Waals surface area contributed by atoms with Crippen LogP contribution in [0.25, 0.3) is 0 Å². The number of amides is 2. The number of anilines is 1. The van der Waals surface area contributed by atoms with E-state index >= 15 is 0 Å². The van der Waals surface area contributed by atoms with Crippen molar-refractivity contribution in [1.82, 2.24) is 10.2 Å². The van der Waals surface area contributed by atoms with Gasteiger partial charge in [0.05, 0.1) is 11.4 Å². The number of hydrogen-bond donors (Lipinski definition) is 1.